The second kappa shape index (κ2) is 8.09. The maximum atomic E-state index is 12.8. The largest absolute Gasteiger partial charge is 0.508 e. The Labute approximate surface area is 204 Å². The van der Waals surface area contributed by atoms with E-state index in [-0.39, 0.29) is 6.04 Å². The molecule has 0 spiro atoms. The molecule has 2 saturated carbocycles. The number of rotatable bonds is 4. The monoisotopic (exact) mass is 463 g/mol. The van der Waals surface area contributed by atoms with Crippen LogP contribution in [0.2, 0.25) is 0 Å². The van der Waals surface area contributed by atoms with E-state index >= 15 is 0 Å². The fourth-order valence-corrected chi connectivity index (χ4v) is 7.70. The molecule has 0 radical (unpaired) electrons. The summed E-state index contributed by atoms with van der Waals surface area (Å²) in [6.07, 6.45) is 11.4. The van der Waals surface area contributed by atoms with Crippen LogP contribution in [-0.2, 0) is 18.3 Å². The minimum absolute atomic E-state index is 0.0641. The van der Waals surface area contributed by atoms with Gasteiger partial charge in [0.2, 0.25) is 0 Å². The van der Waals surface area contributed by atoms with Gasteiger partial charge in [0.15, 0.2) is 0 Å². The lowest BCUT2D eigenvalue weighted by atomic mass is 9.53. The van der Waals surface area contributed by atoms with Crippen molar-refractivity contribution in [3.05, 3.63) is 46.3 Å². The lowest BCUT2D eigenvalue weighted by Crippen LogP contribution is -2.71. The zero-order valence-electron chi connectivity index (χ0n) is 21.2. The lowest BCUT2D eigenvalue weighted by Gasteiger charge is -2.60. The van der Waals surface area contributed by atoms with E-state index in [0.29, 0.717) is 18.2 Å². The summed E-state index contributed by atoms with van der Waals surface area (Å²) in [7, 11) is 0. The van der Waals surface area contributed by atoms with Crippen LogP contribution in [0.3, 0.4) is 0 Å². The van der Waals surface area contributed by atoms with Crippen LogP contribution in [0.15, 0.2) is 18.2 Å². The molecule has 34 heavy (non-hydrogen) atoms. The molecule has 1 aliphatic heterocycles. The summed E-state index contributed by atoms with van der Waals surface area (Å²) in [4.78, 5) is 2.56. The van der Waals surface area contributed by atoms with Crippen LogP contribution in [0, 0.1) is 19.8 Å². The van der Waals surface area contributed by atoms with Gasteiger partial charge in [-0.2, -0.15) is 5.10 Å². The van der Waals surface area contributed by atoms with Crippen LogP contribution in [0.5, 0.6) is 5.75 Å². The number of phenols is 1. The molecule has 2 N–H and O–H groups in total. The molecule has 4 aliphatic rings. The number of aromatic nitrogens is 2. The molecule has 1 aromatic heterocycles. The van der Waals surface area contributed by atoms with E-state index in [1.165, 1.54) is 61.8 Å². The number of benzene rings is 1. The van der Waals surface area contributed by atoms with Crippen molar-refractivity contribution in [2.45, 2.75) is 108 Å². The highest BCUT2D eigenvalue weighted by atomic mass is 16.3. The van der Waals surface area contributed by atoms with Crippen LogP contribution >= 0.6 is 0 Å². The van der Waals surface area contributed by atoms with Crippen LogP contribution in [0.25, 0.3) is 0 Å². The molecule has 6 rings (SSSR count). The second-order valence-corrected chi connectivity index (χ2v) is 12.0. The number of nitrogens with zero attached hydrogens (tertiary/aromatic N) is 3. The van der Waals surface area contributed by atoms with Gasteiger partial charge in [-0.15, -0.1) is 0 Å². The first-order chi connectivity index (χ1) is 16.3. The van der Waals surface area contributed by atoms with Crippen molar-refractivity contribution >= 4 is 0 Å². The SMILES string of the molecule is Cc1ccc(O)cc1[C@]12CCN(CC3CC3)[C@H](C)[C@]1(O)Cc1c(C)nn(C3CCCCC3)c1C2. The number of aromatic hydroxyl groups is 1. The first-order valence-corrected chi connectivity index (χ1v) is 13.7. The summed E-state index contributed by atoms with van der Waals surface area (Å²) in [6, 6.07) is 6.31. The van der Waals surface area contributed by atoms with Gasteiger partial charge < -0.3 is 10.2 Å². The molecular formula is C29H41N3O2. The lowest BCUT2D eigenvalue weighted by molar-refractivity contribution is -0.140. The molecule has 0 amide bonds. The second-order valence-electron chi connectivity index (χ2n) is 12.0. The topological polar surface area (TPSA) is 61.5 Å². The Kier molecular flexibility index (Phi) is 5.38. The van der Waals surface area contributed by atoms with Gasteiger partial charge in [-0.05, 0) is 94.2 Å². The van der Waals surface area contributed by atoms with E-state index < -0.39 is 11.0 Å². The van der Waals surface area contributed by atoms with Crippen LogP contribution in [0.4, 0.5) is 0 Å². The highest BCUT2D eigenvalue weighted by Crippen LogP contribution is 2.55. The van der Waals surface area contributed by atoms with Crippen molar-refractivity contribution in [3.8, 4) is 5.75 Å². The van der Waals surface area contributed by atoms with Crippen molar-refractivity contribution < 1.29 is 10.2 Å². The van der Waals surface area contributed by atoms with Crippen molar-refractivity contribution in [2.75, 3.05) is 13.1 Å². The van der Waals surface area contributed by atoms with E-state index in [1.807, 2.05) is 12.1 Å². The number of aryl methyl sites for hydroxylation is 2. The molecular weight excluding hydrogens is 422 g/mol. The van der Waals surface area contributed by atoms with Gasteiger partial charge in [-0.25, -0.2) is 0 Å². The fourth-order valence-electron chi connectivity index (χ4n) is 7.70. The Bertz CT molecular complexity index is 1080. The molecule has 5 heteroatoms. The quantitative estimate of drug-likeness (QED) is 0.671. The third kappa shape index (κ3) is 3.37. The third-order valence-corrected chi connectivity index (χ3v) is 9.98. The van der Waals surface area contributed by atoms with Crippen LogP contribution in [0.1, 0.15) is 92.4 Å². The van der Waals surface area contributed by atoms with Gasteiger partial charge in [0, 0.05) is 36.5 Å². The zero-order valence-corrected chi connectivity index (χ0v) is 21.2. The number of aliphatic hydroxyl groups is 1. The summed E-state index contributed by atoms with van der Waals surface area (Å²) >= 11 is 0. The highest BCUT2D eigenvalue weighted by Gasteiger charge is 2.62. The highest BCUT2D eigenvalue weighted by molar-refractivity contribution is 5.48. The predicted octanol–water partition coefficient (Wildman–Crippen LogP) is 4.98. The molecule has 0 bridgehead atoms. The van der Waals surface area contributed by atoms with Crippen LogP contribution < -0.4 is 0 Å². The predicted molar refractivity (Wildman–Crippen MR) is 134 cm³/mol. The van der Waals surface area contributed by atoms with Crippen molar-refractivity contribution in [1.82, 2.24) is 14.7 Å². The van der Waals surface area contributed by atoms with Gasteiger partial charge in [0.25, 0.3) is 0 Å². The summed E-state index contributed by atoms with van der Waals surface area (Å²) in [6.45, 7) is 8.64. The Morgan fingerprint density at radius 1 is 1.06 bits per heavy atom. The van der Waals surface area contributed by atoms with Crippen molar-refractivity contribution in [1.29, 1.82) is 0 Å². The van der Waals surface area contributed by atoms with Gasteiger partial charge >= 0.3 is 0 Å². The molecule has 3 aliphatic carbocycles. The standard InChI is InChI=1S/C29H41N3O2/c1-19-9-12-24(33)15-26(19)28-13-14-31(18-22-10-11-22)21(3)29(28,34)16-25-20(2)30-32(27(25)17-28)23-7-5-4-6-8-23/h9,12,15,21-23,33-34H,4-8,10-11,13-14,16-18H2,1-3H3/t21-,28-,29-/m1/s1. The third-order valence-electron chi connectivity index (χ3n) is 9.98. The first-order valence-electron chi connectivity index (χ1n) is 13.7. The average Bonchev–Trinajstić information content (AvgIpc) is 3.60. The summed E-state index contributed by atoms with van der Waals surface area (Å²) in [5, 5.41) is 28.5. The van der Waals surface area contributed by atoms with Gasteiger partial charge in [0.05, 0.1) is 17.3 Å². The van der Waals surface area contributed by atoms with E-state index in [2.05, 4.69) is 30.4 Å². The Morgan fingerprint density at radius 3 is 2.56 bits per heavy atom. The maximum Gasteiger partial charge on any atom is 0.115 e. The van der Waals surface area contributed by atoms with Crippen molar-refractivity contribution in [2.24, 2.45) is 5.92 Å². The smallest absolute Gasteiger partial charge is 0.115 e. The number of hydrogen-bond donors (Lipinski definition) is 2. The Balaban J connectivity index is 1.50. The number of likely N-dealkylation sites (tertiary alicyclic amines) is 1. The normalized spacial score (nSPS) is 32.4. The summed E-state index contributed by atoms with van der Waals surface area (Å²) in [5.74, 6) is 1.10. The van der Waals surface area contributed by atoms with E-state index in [4.69, 9.17) is 5.10 Å². The van der Waals surface area contributed by atoms with Gasteiger partial charge in [-0.3, -0.25) is 9.58 Å². The Hall–Kier alpha value is -1.85. The number of phenolic OH excluding ortho intramolecular Hbond substituents is 1. The molecule has 1 aromatic carbocycles. The molecule has 184 valence electrons. The minimum Gasteiger partial charge on any atom is -0.508 e. The van der Waals surface area contributed by atoms with Crippen LogP contribution in [-0.4, -0.2) is 49.6 Å². The molecule has 3 atom stereocenters. The van der Waals surface area contributed by atoms with Gasteiger partial charge in [-0.1, -0.05) is 25.3 Å². The average molecular weight is 464 g/mol. The molecule has 2 aromatic rings. The molecule has 2 heterocycles. The summed E-state index contributed by atoms with van der Waals surface area (Å²) < 4.78 is 2.37. The number of piperidine rings is 1. The number of fused-ring (bicyclic) bond motifs is 2. The fraction of sp³-hybridized carbons (Fsp3) is 0.690. The molecule has 3 fully saturated rings. The molecule has 1 saturated heterocycles. The number of hydrogen-bond acceptors (Lipinski definition) is 4. The summed E-state index contributed by atoms with van der Waals surface area (Å²) in [5.41, 5.74) is 4.72. The molecule has 5 nitrogen and oxygen atoms in total. The minimum atomic E-state index is -0.892. The van der Waals surface area contributed by atoms with E-state index in [0.717, 1.165) is 43.1 Å². The Morgan fingerprint density at radius 2 is 1.82 bits per heavy atom. The first kappa shape index (κ1) is 22.6. The van der Waals surface area contributed by atoms with Gasteiger partial charge in [0.1, 0.15) is 5.75 Å². The zero-order chi connectivity index (χ0) is 23.7. The van der Waals surface area contributed by atoms with E-state index in [1.54, 1.807) is 6.07 Å². The van der Waals surface area contributed by atoms with Crippen molar-refractivity contribution in [3.63, 3.8) is 0 Å². The van der Waals surface area contributed by atoms with E-state index in [9.17, 15) is 10.2 Å². The molecule has 0 unspecified atom stereocenters. The maximum absolute atomic E-state index is 12.8.